The molecule has 1 heterocycles. The molecule has 0 radical (unpaired) electrons. The highest BCUT2D eigenvalue weighted by atomic mass is 35.5. The number of rotatable bonds is 3. The molecule has 1 atom stereocenters. The van der Waals surface area contributed by atoms with Crippen LogP contribution in [0.4, 0.5) is 0 Å². The summed E-state index contributed by atoms with van der Waals surface area (Å²) in [6, 6.07) is 4.76. The second kappa shape index (κ2) is 5.47. The first-order valence-corrected chi connectivity index (χ1v) is 7.97. The van der Waals surface area contributed by atoms with E-state index in [4.69, 9.17) is 22.1 Å². The third-order valence-corrected chi connectivity index (χ3v) is 5.25. The van der Waals surface area contributed by atoms with Gasteiger partial charge in [0.2, 0.25) is 5.91 Å². The van der Waals surface area contributed by atoms with Gasteiger partial charge in [-0.05, 0) is 18.9 Å². The van der Waals surface area contributed by atoms with Crippen molar-refractivity contribution in [2.24, 2.45) is 5.73 Å². The number of nitrogens with zero attached hydrogens (tertiary/aromatic N) is 1. The van der Waals surface area contributed by atoms with E-state index in [1.54, 1.807) is 18.2 Å². The smallest absolute Gasteiger partial charge is 0.281 e. The Morgan fingerprint density at radius 1 is 1.35 bits per heavy atom. The van der Waals surface area contributed by atoms with Gasteiger partial charge >= 0.3 is 0 Å². The van der Waals surface area contributed by atoms with Gasteiger partial charge < -0.3 is 15.6 Å². The number of halogens is 1. The molecule has 0 bridgehead atoms. The molecule has 3 N–H and O–H groups in total. The van der Waals surface area contributed by atoms with Crippen molar-refractivity contribution in [3.05, 3.63) is 34.3 Å². The Morgan fingerprint density at radius 2 is 2.00 bits per heavy atom. The molecule has 7 heteroatoms. The highest BCUT2D eigenvalue weighted by molar-refractivity contribution is 6.34. The van der Waals surface area contributed by atoms with Gasteiger partial charge in [-0.1, -0.05) is 43.0 Å². The maximum absolute atomic E-state index is 13.0. The van der Waals surface area contributed by atoms with Crippen molar-refractivity contribution >= 4 is 23.4 Å². The highest BCUT2D eigenvalue weighted by Crippen LogP contribution is 2.48. The van der Waals surface area contributed by atoms with E-state index in [2.05, 4.69) is 0 Å². The van der Waals surface area contributed by atoms with Gasteiger partial charge in [0.25, 0.3) is 11.8 Å². The molecular weight excluding hydrogens is 320 g/mol. The van der Waals surface area contributed by atoms with E-state index in [0.29, 0.717) is 12.8 Å². The van der Waals surface area contributed by atoms with Gasteiger partial charge in [0, 0.05) is 12.7 Å². The van der Waals surface area contributed by atoms with Crippen LogP contribution in [-0.4, -0.2) is 34.5 Å². The zero-order valence-electron chi connectivity index (χ0n) is 12.8. The first-order chi connectivity index (χ1) is 10.9. The molecule has 3 rings (SSSR count). The van der Waals surface area contributed by atoms with Gasteiger partial charge in [0.1, 0.15) is 5.54 Å². The molecule has 1 fully saturated rings. The number of carbonyl (C=O) groups is 2. The lowest BCUT2D eigenvalue weighted by Gasteiger charge is -2.47. The number of primary amides is 1. The van der Waals surface area contributed by atoms with E-state index in [1.807, 2.05) is 0 Å². The van der Waals surface area contributed by atoms with E-state index in [1.165, 1.54) is 7.11 Å². The molecule has 23 heavy (non-hydrogen) atoms. The number of fused-ring (bicyclic) bond motifs is 1. The number of benzene rings is 1. The SMILES string of the molecule is COC1(O)c2cccc(Cl)c2C(=O)N1C1(C(N)=O)CCCCC1. The standard InChI is InChI=1S/C16H19ClN2O4/c1-23-16(22)10-6-5-7-11(17)12(10)13(20)19(16)15(14(18)21)8-3-2-4-9-15/h5-7,22H,2-4,8-9H2,1H3,(H2,18,21). The van der Waals surface area contributed by atoms with Crippen LogP contribution in [0.1, 0.15) is 48.0 Å². The van der Waals surface area contributed by atoms with Crippen molar-refractivity contribution in [1.29, 1.82) is 0 Å². The van der Waals surface area contributed by atoms with E-state index in [-0.39, 0.29) is 16.1 Å². The van der Waals surface area contributed by atoms with Crippen molar-refractivity contribution < 1.29 is 19.4 Å². The number of aliphatic hydroxyl groups is 1. The Bertz CT molecular complexity index is 672. The van der Waals surface area contributed by atoms with Crippen molar-refractivity contribution in [3.8, 4) is 0 Å². The summed E-state index contributed by atoms with van der Waals surface area (Å²) in [5.41, 5.74) is 4.78. The fraction of sp³-hybridized carbons (Fsp3) is 0.500. The number of carbonyl (C=O) groups excluding carboxylic acids is 2. The lowest BCUT2D eigenvalue weighted by atomic mass is 9.79. The molecule has 2 aliphatic rings. The van der Waals surface area contributed by atoms with Crippen molar-refractivity contribution in [2.75, 3.05) is 7.11 Å². The number of methoxy groups -OCH3 is 1. The monoisotopic (exact) mass is 338 g/mol. The molecular formula is C16H19ClN2O4. The van der Waals surface area contributed by atoms with Gasteiger partial charge in [-0.2, -0.15) is 0 Å². The maximum atomic E-state index is 13.0. The number of amides is 2. The summed E-state index contributed by atoms with van der Waals surface area (Å²) in [6.07, 6.45) is 3.24. The first-order valence-electron chi connectivity index (χ1n) is 7.59. The van der Waals surface area contributed by atoms with Gasteiger partial charge in [0.05, 0.1) is 10.6 Å². The minimum atomic E-state index is -2.05. The number of hydrogen-bond acceptors (Lipinski definition) is 4. The van der Waals surface area contributed by atoms with Crippen LogP contribution in [0.2, 0.25) is 5.02 Å². The van der Waals surface area contributed by atoms with Crippen LogP contribution in [0.5, 0.6) is 0 Å². The minimum Gasteiger partial charge on any atom is -0.368 e. The second-order valence-corrected chi connectivity index (χ2v) is 6.48. The molecule has 0 saturated heterocycles. The Morgan fingerprint density at radius 3 is 2.57 bits per heavy atom. The fourth-order valence-electron chi connectivity index (χ4n) is 3.79. The largest absolute Gasteiger partial charge is 0.368 e. The summed E-state index contributed by atoms with van der Waals surface area (Å²) < 4.78 is 5.29. The summed E-state index contributed by atoms with van der Waals surface area (Å²) in [7, 11) is 1.29. The minimum absolute atomic E-state index is 0.157. The zero-order valence-corrected chi connectivity index (χ0v) is 13.6. The Balaban J connectivity index is 2.21. The quantitative estimate of drug-likeness (QED) is 0.821. The predicted molar refractivity (Wildman–Crippen MR) is 83.5 cm³/mol. The lowest BCUT2D eigenvalue weighted by Crippen LogP contribution is -2.65. The normalized spacial score (nSPS) is 26.2. The molecule has 1 aliphatic heterocycles. The van der Waals surface area contributed by atoms with Crippen molar-refractivity contribution in [3.63, 3.8) is 0 Å². The molecule has 0 spiro atoms. The van der Waals surface area contributed by atoms with Crippen LogP contribution in [-0.2, 0) is 15.4 Å². The summed E-state index contributed by atoms with van der Waals surface area (Å²) in [5.74, 6) is -3.22. The van der Waals surface area contributed by atoms with Crippen LogP contribution < -0.4 is 5.73 Å². The van der Waals surface area contributed by atoms with Gasteiger partial charge in [-0.15, -0.1) is 0 Å². The second-order valence-electron chi connectivity index (χ2n) is 6.07. The van der Waals surface area contributed by atoms with Gasteiger partial charge in [0.15, 0.2) is 0 Å². The average Bonchev–Trinajstić information content (AvgIpc) is 2.78. The molecule has 124 valence electrons. The topological polar surface area (TPSA) is 92.9 Å². The van der Waals surface area contributed by atoms with E-state index >= 15 is 0 Å². The number of ether oxygens (including phenoxy) is 1. The molecule has 1 aromatic carbocycles. The van der Waals surface area contributed by atoms with E-state index in [9.17, 15) is 14.7 Å². The third-order valence-electron chi connectivity index (χ3n) is 4.94. The maximum Gasteiger partial charge on any atom is 0.281 e. The van der Waals surface area contributed by atoms with Crippen LogP contribution in [0, 0.1) is 0 Å². The van der Waals surface area contributed by atoms with Gasteiger partial charge in [-0.3, -0.25) is 14.5 Å². The summed E-state index contributed by atoms with van der Waals surface area (Å²) >= 11 is 6.15. The first kappa shape index (κ1) is 16.2. The molecule has 1 aliphatic carbocycles. The molecule has 1 aromatic rings. The molecule has 0 aromatic heterocycles. The van der Waals surface area contributed by atoms with E-state index < -0.39 is 23.3 Å². The number of hydrogen-bond donors (Lipinski definition) is 2. The Labute approximate surface area is 139 Å². The Kier molecular flexibility index (Phi) is 3.86. The summed E-state index contributed by atoms with van der Waals surface area (Å²) in [5, 5.41) is 11.3. The average molecular weight is 339 g/mol. The van der Waals surface area contributed by atoms with E-state index in [0.717, 1.165) is 24.2 Å². The third kappa shape index (κ3) is 2.09. The molecule has 2 amide bonds. The molecule has 1 unspecified atom stereocenters. The Hall–Kier alpha value is -1.63. The molecule has 6 nitrogen and oxygen atoms in total. The predicted octanol–water partition coefficient (Wildman–Crippen LogP) is 1.73. The summed E-state index contributed by atoms with van der Waals surface area (Å²) in [4.78, 5) is 26.4. The van der Waals surface area contributed by atoms with Gasteiger partial charge in [-0.25, -0.2) is 0 Å². The zero-order chi connectivity index (χ0) is 16.8. The molecule has 1 saturated carbocycles. The van der Waals surface area contributed by atoms with Crippen molar-refractivity contribution in [1.82, 2.24) is 4.90 Å². The van der Waals surface area contributed by atoms with Crippen LogP contribution in [0.25, 0.3) is 0 Å². The van der Waals surface area contributed by atoms with Crippen molar-refractivity contribution in [2.45, 2.75) is 43.6 Å². The van der Waals surface area contributed by atoms with Crippen LogP contribution in [0.15, 0.2) is 18.2 Å². The highest BCUT2D eigenvalue weighted by Gasteiger charge is 2.61. The lowest BCUT2D eigenvalue weighted by molar-refractivity contribution is -0.290. The number of nitrogens with two attached hydrogens (primary N) is 1. The van der Waals surface area contributed by atoms with Crippen LogP contribution in [0.3, 0.4) is 0 Å². The fourth-order valence-corrected chi connectivity index (χ4v) is 4.04. The summed E-state index contributed by atoms with van der Waals surface area (Å²) in [6.45, 7) is 0. The van der Waals surface area contributed by atoms with Crippen LogP contribution >= 0.6 is 11.6 Å².